The number of benzene rings is 2. The second-order valence-corrected chi connectivity index (χ2v) is 7.03. The van der Waals surface area contributed by atoms with E-state index in [0.717, 1.165) is 21.9 Å². The van der Waals surface area contributed by atoms with Crippen LogP contribution in [0.4, 0.5) is 0 Å². The Morgan fingerprint density at radius 1 is 1.07 bits per heavy atom. The van der Waals surface area contributed by atoms with Crippen molar-refractivity contribution in [3.8, 4) is 17.4 Å². The molecule has 3 aromatic heterocycles. The summed E-state index contributed by atoms with van der Waals surface area (Å²) in [6.07, 6.45) is 5.13. The average Bonchev–Trinajstić information content (AvgIpc) is 3.11. The fraction of sp³-hybridized carbons (Fsp3) is 0. The molecule has 0 fully saturated rings. The number of hydrogen-bond acceptors (Lipinski definition) is 4. The van der Waals surface area contributed by atoms with Crippen molar-refractivity contribution in [2.75, 3.05) is 0 Å². The predicted molar refractivity (Wildman–Crippen MR) is 113 cm³/mol. The summed E-state index contributed by atoms with van der Waals surface area (Å²) in [6.45, 7) is 0. The van der Waals surface area contributed by atoms with Crippen LogP contribution in [0.1, 0.15) is 0 Å². The van der Waals surface area contributed by atoms with Crippen molar-refractivity contribution in [3.05, 3.63) is 83.5 Å². The molecule has 0 aliphatic rings. The molecule has 1 unspecified atom stereocenters. The Hall–Kier alpha value is -3.50. The van der Waals surface area contributed by atoms with E-state index in [2.05, 4.69) is 40.9 Å². The number of aromatic nitrogens is 4. The Labute approximate surface area is 162 Å². The number of nitrogens with zero attached hydrogens (tertiary/aromatic N) is 3. The molecular formula is C21H15N4O2P. The lowest BCUT2D eigenvalue weighted by molar-refractivity contribution is 0.443. The average molecular weight is 386 g/mol. The van der Waals surface area contributed by atoms with Crippen molar-refractivity contribution < 1.29 is 4.74 Å². The van der Waals surface area contributed by atoms with Crippen molar-refractivity contribution in [2.45, 2.75) is 0 Å². The Morgan fingerprint density at radius 2 is 2.00 bits per heavy atom. The van der Waals surface area contributed by atoms with Gasteiger partial charge in [0.15, 0.2) is 0 Å². The van der Waals surface area contributed by atoms with Crippen LogP contribution in [0.3, 0.4) is 0 Å². The number of nitrogens with one attached hydrogen (secondary N) is 1. The summed E-state index contributed by atoms with van der Waals surface area (Å²) in [4.78, 5) is 23.2. The number of H-pyrrole nitrogens is 1. The van der Waals surface area contributed by atoms with Crippen molar-refractivity contribution in [3.63, 3.8) is 0 Å². The Morgan fingerprint density at radius 3 is 2.89 bits per heavy atom. The maximum atomic E-state index is 12.2. The lowest BCUT2D eigenvalue weighted by Crippen LogP contribution is -2.09. The van der Waals surface area contributed by atoms with Crippen molar-refractivity contribution in [2.24, 2.45) is 0 Å². The van der Waals surface area contributed by atoms with E-state index in [1.165, 1.54) is 0 Å². The monoisotopic (exact) mass is 386 g/mol. The first-order valence-electron chi connectivity index (χ1n) is 8.66. The van der Waals surface area contributed by atoms with E-state index in [-0.39, 0.29) is 11.6 Å². The van der Waals surface area contributed by atoms with Crippen molar-refractivity contribution in [1.29, 1.82) is 0 Å². The zero-order valence-corrected chi connectivity index (χ0v) is 15.8. The number of ether oxygens (including phenoxy) is 1. The smallest absolute Gasteiger partial charge is 0.302 e. The van der Waals surface area contributed by atoms with Gasteiger partial charge < -0.3 is 9.30 Å². The lowest BCUT2D eigenvalue weighted by atomic mass is 10.2. The third kappa shape index (κ3) is 2.94. The molecule has 6 nitrogen and oxygen atoms in total. The molecule has 1 N–H and O–H groups in total. The Kier molecular flexibility index (Phi) is 3.92. The molecule has 0 saturated carbocycles. The summed E-state index contributed by atoms with van der Waals surface area (Å²) in [5.41, 5.74) is 2.38. The van der Waals surface area contributed by atoms with Gasteiger partial charge >= 0.3 is 6.01 Å². The molecule has 5 rings (SSSR count). The van der Waals surface area contributed by atoms with Gasteiger partial charge in [0.2, 0.25) is 0 Å². The third-order valence-electron chi connectivity index (χ3n) is 4.51. The SMILES string of the molecule is O=c1[nH]c(Oc2ccc3c(ccn3-c3cccc(P)c3)c2)nc2cnccc12. The first kappa shape index (κ1) is 16.7. The summed E-state index contributed by atoms with van der Waals surface area (Å²) in [5.74, 6) is 0.594. The molecule has 0 saturated heterocycles. The zero-order valence-electron chi connectivity index (χ0n) is 14.7. The third-order valence-corrected chi connectivity index (χ3v) is 4.87. The van der Waals surface area contributed by atoms with Crippen molar-refractivity contribution in [1.82, 2.24) is 19.5 Å². The molecule has 3 heterocycles. The van der Waals surface area contributed by atoms with E-state index in [9.17, 15) is 4.79 Å². The van der Waals surface area contributed by atoms with Crippen LogP contribution in [0, 0.1) is 0 Å². The minimum absolute atomic E-state index is 0.139. The van der Waals surface area contributed by atoms with Gasteiger partial charge in [-0.15, -0.1) is 9.24 Å². The molecule has 0 aliphatic carbocycles. The Balaban J connectivity index is 1.52. The van der Waals surface area contributed by atoms with Crippen LogP contribution in [-0.4, -0.2) is 19.5 Å². The predicted octanol–water partition coefficient (Wildman–Crippen LogP) is 3.55. The molecule has 0 amide bonds. The number of pyridine rings is 1. The largest absolute Gasteiger partial charge is 0.426 e. The van der Waals surface area contributed by atoms with Crippen LogP contribution < -0.4 is 15.6 Å². The van der Waals surface area contributed by atoms with Crippen LogP contribution in [0.15, 0.2) is 78.0 Å². The normalized spacial score (nSPS) is 11.2. The molecule has 0 spiro atoms. The summed E-state index contributed by atoms with van der Waals surface area (Å²) >= 11 is 0. The summed E-state index contributed by atoms with van der Waals surface area (Å²) < 4.78 is 7.92. The first-order chi connectivity index (χ1) is 13.7. The van der Waals surface area contributed by atoms with E-state index in [1.54, 1.807) is 18.5 Å². The molecule has 0 bridgehead atoms. The maximum Gasteiger partial charge on any atom is 0.302 e. The molecule has 136 valence electrons. The molecule has 1 atom stereocenters. The van der Waals surface area contributed by atoms with E-state index in [4.69, 9.17) is 4.74 Å². The van der Waals surface area contributed by atoms with Crippen molar-refractivity contribution >= 4 is 36.4 Å². The summed E-state index contributed by atoms with van der Waals surface area (Å²) in [5, 5.41) is 2.63. The van der Waals surface area contributed by atoms with Crippen LogP contribution in [0.25, 0.3) is 27.5 Å². The van der Waals surface area contributed by atoms with Crippen LogP contribution in [0.2, 0.25) is 0 Å². The Bertz CT molecular complexity index is 1390. The highest BCUT2D eigenvalue weighted by atomic mass is 31.0. The molecule has 0 radical (unpaired) electrons. The fourth-order valence-corrected chi connectivity index (χ4v) is 3.49. The fourth-order valence-electron chi connectivity index (χ4n) is 3.21. The number of hydrogen-bond donors (Lipinski definition) is 1. The van der Waals surface area contributed by atoms with E-state index >= 15 is 0 Å². The molecule has 2 aromatic carbocycles. The second-order valence-electron chi connectivity index (χ2n) is 6.37. The highest BCUT2D eigenvalue weighted by Crippen LogP contribution is 2.26. The van der Waals surface area contributed by atoms with Crippen LogP contribution >= 0.6 is 9.24 Å². The molecule has 0 aliphatic heterocycles. The van der Waals surface area contributed by atoms with Gasteiger partial charge in [0.25, 0.3) is 5.56 Å². The molecular weight excluding hydrogens is 371 g/mol. The lowest BCUT2D eigenvalue weighted by Gasteiger charge is -2.08. The minimum Gasteiger partial charge on any atom is -0.426 e. The first-order valence-corrected chi connectivity index (χ1v) is 9.24. The summed E-state index contributed by atoms with van der Waals surface area (Å²) in [7, 11) is 2.71. The van der Waals surface area contributed by atoms with Gasteiger partial charge in [-0.3, -0.25) is 14.8 Å². The highest BCUT2D eigenvalue weighted by molar-refractivity contribution is 7.27. The number of rotatable bonds is 3. The van der Waals surface area contributed by atoms with Gasteiger partial charge in [0, 0.05) is 23.5 Å². The quantitative estimate of drug-likeness (QED) is 0.481. The highest BCUT2D eigenvalue weighted by Gasteiger charge is 2.08. The molecule has 28 heavy (non-hydrogen) atoms. The zero-order chi connectivity index (χ0) is 19.1. The van der Waals surface area contributed by atoms with E-state index < -0.39 is 0 Å². The second kappa shape index (κ2) is 6.59. The van der Waals surface area contributed by atoms with Gasteiger partial charge in [0.05, 0.1) is 22.6 Å². The van der Waals surface area contributed by atoms with Crippen LogP contribution in [-0.2, 0) is 0 Å². The topological polar surface area (TPSA) is 72.8 Å². The van der Waals surface area contributed by atoms with Gasteiger partial charge in [-0.25, -0.2) is 0 Å². The standard InChI is InChI=1S/C21H15N4O2P/c26-20-17-6-8-22-12-18(17)23-21(24-20)27-15-4-5-19-13(10-15)7-9-25(19)14-2-1-3-16(28)11-14/h1-12H,28H2,(H,23,24,26). The van der Waals surface area contributed by atoms with Gasteiger partial charge in [-0.05, 0) is 47.8 Å². The summed E-state index contributed by atoms with van der Waals surface area (Å²) in [6, 6.07) is 17.8. The van der Waals surface area contributed by atoms with Crippen LogP contribution in [0.5, 0.6) is 11.8 Å². The maximum absolute atomic E-state index is 12.2. The number of fused-ring (bicyclic) bond motifs is 2. The van der Waals surface area contributed by atoms with Gasteiger partial charge in [-0.1, -0.05) is 12.1 Å². The van der Waals surface area contributed by atoms with Gasteiger partial charge in [0.1, 0.15) is 5.75 Å². The van der Waals surface area contributed by atoms with Gasteiger partial charge in [-0.2, -0.15) is 4.98 Å². The van der Waals surface area contributed by atoms with E-state index in [0.29, 0.717) is 16.7 Å². The minimum atomic E-state index is -0.257. The van der Waals surface area contributed by atoms with E-state index in [1.807, 2.05) is 42.6 Å². The molecule has 7 heteroatoms. The number of aromatic amines is 1. The molecule has 5 aromatic rings.